The minimum atomic E-state index is -4.78. The molecule has 0 radical (unpaired) electrons. The maximum absolute atomic E-state index is 10.6. The summed E-state index contributed by atoms with van der Waals surface area (Å²) in [5, 5.41) is 3.24. The fourth-order valence-electron chi connectivity index (χ4n) is 1.95. The molecule has 0 aliphatic carbocycles. The van der Waals surface area contributed by atoms with Crippen molar-refractivity contribution in [3.8, 4) is 5.88 Å². The molecule has 1 aliphatic heterocycles. The van der Waals surface area contributed by atoms with Crippen molar-refractivity contribution in [2.24, 2.45) is 0 Å². The van der Waals surface area contributed by atoms with Crippen LogP contribution in [0.1, 0.15) is 30.9 Å². The Morgan fingerprint density at radius 2 is 2.29 bits per heavy atom. The predicted octanol–water partition coefficient (Wildman–Crippen LogP) is 0.735. The quantitative estimate of drug-likeness (QED) is 0.634. The molecule has 1 fully saturated rings. The van der Waals surface area contributed by atoms with E-state index in [0.717, 1.165) is 25.8 Å². The van der Waals surface area contributed by atoms with Crippen LogP contribution in [0.25, 0.3) is 0 Å². The molecule has 7 heteroatoms. The molecule has 2 heterocycles. The van der Waals surface area contributed by atoms with Crippen LogP contribution in [0.2, 0.25) is 0 Å². The summed E-state index contributed by atoms with van der Waals surface area (Å²) in [7, 11) is -4.78. The molecular weight excluding hydrogens is 244 g/mol. The minimum Gasteiger partial charge on any atom is -0.716 e. The van der Waals surface area contributed by atoms with Crippen LogP contribution in [0.4, 0.5) is 0 Å². The van der Waals surface area contributed by atoms with Crippen LogP contribution >= 0.6 is 0 Å². The zero-order valence-corrected chi connectivity index (χ0v) is 9.94. The molecule has 1 N–H and O–H groups in total. The molecule has 94 valence electrons. The van der Waals surface area contributed by atoms with Gasteiger partial charge in [0.15, 0.2) is 0 Å². The third kappa shape index (κ3) is 3.39. The fraction of sp³-hybridized carbons (Fsp3) is 0.500. The van der Waals surface area contributed by atoms with E-state index in [1.54, 1.807) is 12.1 Å². The third-order valence-corrected chi connectivity index (χ3v) is 3.03. The second kappa shape index (κ2) is 4.99. The maximum Gasteiger partial charge on any atom is 0.264 e. The predicted molar refractivity (Wildman–Crippen MR) is 59.2 cm³/mol. The van der Waals surface area contributed by atoms with Crippen molar-refractivity contribution >= 4 is 10.4 Å². The molecule has 2 rings (SSSR count). The van der Waals surface area contributed by atoms with E-state index in [-0.39, 0.29) is 11.9 Å². The van der Waals surface area contributed by atoms with Crippen molar-refractivity contribution in [1.82, 2.24) is 10.3 Å². The Labute approximate surface area is 100.0 Å². The Kier molecular flexibility index (Phi) is 3.60. The summed E-state index contributed by atoms with van der Waals surface area (Å²) in [5.41, 5.74) is 0.617. The second-order valence-electron chi connectivity index (χ2n) is 3.89. The van der Waals surface area contributed by atoms with E-state index in [1.807, 2.05) is 0 Å². The second-order valence-corrected chi connectivity index (χ2v) is 4.88. The number of pyridine rings is 1. The molecule has 1 atom stereocenters. The van der Waals surface area contributed by atoms with Crippen LogP contribution in [-0.4, -0.2) is 24.5 Å². The van der Waals surface area contributed by atoms with E-state index in [9.17, 15) is 13.0 Å². The molecule has 1 aromatic heterocycles. The molecule has 0 spiro atoms. The number of nitrogens with one attached hydrogen (secondary N) is 1. The smallest absolute Gasteiger partial charge is 0.264 e. The summed E-state index contributed by atoms with van der Waals surface area (Å²) in [6, 6.07) is 3.40. The molecule has 17 heavy (non-hydrogen) atoms. The zero-order chi connectivity index (χ0) is 12.3. The van der Waals surface area contributed by atoms with Gasteiger partial charge in [-0.05, 0) is 25.5 Å². The Bertz CT molecular complexity index is 483. The van der Waals surface area contributed by atoms with Gasteiger partial charge >= 0.3 is 0 Å². The van der Waals surface area contributed by atoms with E-state index < -0.39 is 10.4 Å². The van der Waals surface area contributed by atoms with Gasteiger partial charge in [0.1, 0.15) is 0 Å². The SMILES string of the molecule is O=S(=O)([O-])Oc1ncccc1C1CCCCN1. The zero-order valence-electron chi connectivity index (χ0n) is 9.13. The monoisotopic (exact) mass is 257 g/mol. The molecule has 6 nitrogen and oxygen atoms in total. The van der Waals surface area contributed by atoms with Gasteiger partial charge in [0.05, 0.1) is 0 Å². The number of hydrogen-bond acceptors (Lipinski definition) is 6. The van der Waals surface area contributed by atoms with Crippen LogP contribution < -0.4 is 9.50 Å². The first-order valence-corrected chi connectivity index (χ1v) is 6.73. The normalized spacial score (nSPS) is 21.1. The van der Waals surface area contributed by atoms with E-state index in [1.165, 1.54) is 6.20 Å². The number of piperidine rings is 1. The summed E-state index contributed by atoms with van der Waals surface area (Å²) < 4.78 is 36.1. The van der Waals surface area contributed by atoms with Gasteiger partial charge in [-0.2, -0.15) is 0 Å². The van der Waals surface area contributed by atoms with Gasteiger partial charge in [-0.25, -0.2) is 13.4 Å². The van der Waals surface area contributed by atoms with E-state index >= 15 is 0 Å². The molecular formula is C10H13N2O4S-. The van der Waals surface area contributed by atoms with Gasteiger partial charge in [-0.3, -0.25) is 0 Å². The molecule has 0 bridgehead atoms. The molecule has 0 aromatic carbocycles. The Morgan fingerprint density at radius 1 is 1.47 bits per heavy atom. The summed E-state index contributed by atoms with van der Waals surface area (Å²) in [4.78, 5) is 3.80. The number of nitrogens with zero attached hydrogens (tertiary/aromatic N) is 1. The lowest BCUT2D eigenvalue weighted by atomic mass is 9.98. The van der Waals surface area contributed by atoms with Gasteiger partial charge in [-0.15, -0.1) is 0 Å². The van der Waals surface area contributed by atoms with Crippen molar-refractivity contribution < 1.29 is 17.2 Å². The molecule has 0 saturated carbocycles. The number of hydrogen-bond donors (Lipinski definition) is 1. The highest BCUT2D eigenvalue weighted by Crippen LogP contribution is 2.29. The van der Waals surface area contributed by atoms with Crippen molar-refractivity contribution in [3.63, 3.8) is 0 Å². The molecule has 1 aromatic rings. The summed E-state index contributed by atoms with van der Waals surface area (Å²) in [6.45, 7) is 0.864. The lowest BCUT2D eigenvalue weighted by Crippen LogP contribution is -2.27. The summed E-state index contributed by atoms with van der Waals surface area (Å²) in [5.74, 6) is -0.123. The first-order valence-electron chi connectivity index (χ1n) is 5.40. The van der Waals surface area contributed by atoms with Crippen molar-refractivity contribution in [2.45, 2.75) is 25.3 Å². The maximum atomic E-state index is 10.6. The standard InChI is InChI=1S/C10H14N2O4S/c13-17(14,15)16-10-8(4-3-7-12-10)9-5-1-2-6-11-9/h3-4,7,9,11H,1-2,5-6H2,(H,13,14,15)/p-1. The largest absolute Gasteiger partial charge is 0.716 e. The van der Waals surface area contributed by atoms with Crippen LogP contribution in [0, 0.1) is 0 Å². The topological polar surface area (TPSA) is 91.4 Å². The van der Waals surface area contributed by atoms with Crippen molar-refractivity contribution in [1.29, 1.82) is 0 Å². The Morgan fingerprint density at radius 3 is 2.94 bits per heavy atom. The summed E-state index contributed by atoms with van der Waals surface area (Å²) >= 11 is 0. The number of aromatic nitrogens is 1. The molecule has 0 amide bonds. The fourth-order valence-corrected chi connectivity index (χ4v) is 2.28. The lowest BCUT2D eigenvalue weighted by molar-refractivity contribution is 0.355. The van der Waals surface area contributed by atoms with Crippen molar-refractivity contribution in [3.05, 3.63) is 23.9 Å². The first-order chi connectivity index (χ1) is 8.06. The van der Waals surface area contributed by atoms with Gasteiger partial charge in [0.25, 0.3) is 10.4 Å². The lowest BCUT2D eigenvalue weighted by Gasteiger charge is -2.25. The summed E-state index contributed by atoms with van der Waals surface area (Å²) in [6.07, 6.45) is 4.41. The Balaban J connectivity index is 2.26. The van der Waals surface area contributed by atoms with Crippen LogP contribution in [0.3, 0.4) is 0 Å². The first kappa shape index (κ1) is 12.3. The highest BCUT2D eigenvalue weighted by molar-refractivity contribution is 7.81. The van der Waals surface area contributed by atoms with Gasteiger partial charge in [0, 0.05) is 17.8 Å². The van der Waals surface area contributed by atoms with E-state index in [0.29, 0.717) is 5.56 Å². The van der Waals surface area contributed by atoms with E-state index in [4.69, 9.17) is 0 Å². The number of rotatable bonds is 3. The average Bonchev–Trinajstić information content (AvgIpc) is 2.29. The van der Waals surface area contributed by atoms with Crippen LogP contribution in [0.5, 0.6) is 5.88 Å². The average molecular weight is 257 g/mol. The van der Waals surface area contributed by atoms with Gasteiger partial charge in [0.2, 0.25) is 5.88 Å². The van der Waals surface area contributed by atoms with Gasteiger partial charge < -0.3 is 14.1 Å². The molecule has 1 saturated heterocycles. The minimum absolute atomic E-state index is 0.00537. The van der Waals surface area contributed by atoms with Gasteiger partial charge in [-0.1, -0.05) is 12.5 Å². The van der Waals surface area contributed by atoms with E-state index in [2.05, 4.69) is 14.5 Å². The van der Waals surface area contributed by atoms with Crippen molar-refractivity contribution in [2.75, 3.05) is 6.54 Å². The highest BCUT2D eigenvalue weighted by atomic mass is 32.3. The molecule has 1 unspecified atom stereocenters. The highest BCUT2D eigenvalue weighted by Gasteiger charge is 2.20. The van der Waals surface area contributed by atoms with Crippen LogP contribution in [0.15, 0.2) is 18.3 Å². The third-order valence-electron chi connectivity index (χ3n) is 2.67. The Hall–Kier alpha value is -1.18. The molecule has 1 aliphatic rings. The van der Waals surface area contributed by atoms with Crippen LogP contribution in [-0.2, 0) is 10.4 Å².